The van der Waals surface area contributed by atoms with Crippen molar-refractivity contribution in [3.8, 4) is 27.3 Å². The van der Waals surface area contributed by atoms with Crippen LogP contribution in [0, 0.1) is 0 Å². The van der Waals surface area contributed by atoms with E-state index < -0.39 is 36.5 Å². The summed E-state index contributed by atoms with van der Waals surface area (Å²) in [6, 6.07) is 11.7. The molecule has 0 radical (unpaired) electrons. The minimum Gasteiger partial charge on any atom is -0.489 e. The highest BCUT2D eigenvalue weighted by Gasteiger charge is 2.41. The third-order valence-electron chi connectivity index (χ3n) is 6.71. The smallest absolute Gasteiger partial charge is 0.390 e. The molecule has 1 saturated heterocycles. The molecule has 0 bridgehead atoms. The Morgan fingerprint density at radius 3 is 2.33 bits per heavy atom. The Morgan fingerprint density at radius 1 is 1.05 bits per heavy atom. The molecule has 0 spiro atoms. The molecule has 1 aliphatic heterocycles. The zero-order chi connectivity index (χ0) is 30.5. The highest BCUT2D eigenvalue weighted by Crippen LogP contribution is 2.50. The van der Waals surface area contributed by atoms with E-state index in [-0.39, 0.29) is 36.7 Å². The monoisotopic (exact) mass is 663 g/mol. The molecule has 1 aliphatic rings. The van der Waals surface area contributed by atoms with E-state index in [4.69, 9.17) is 39.5 Å². The lowest BCUT2D eigenvalue weighted by Crippen LogP contribution is -2.62. The predicted octanol–water partition coefficient (Wildman–Crippen LogP) is 6.33. The molecule has 1 aromatic heterocycles. The van der Waals surface area contributed by atoms with Crippen LogP contribution in [0.2, 0.25) is 15.1 Å². The van der Waals surface area contributed by atoms with Gasteiger partial charge in [-0.15, -0.1) is 11.3 Å². The van der Waals surface area contributed by atoms with Crippen molar-refractivity contribution in [2.75, 3.05) is 32.8 Å². The van der Waals surface area contributed by atoms with E-state index in [9.17, 15) is 27.9 Å². The van der Waals surface area contributed by atoms with Gasteiger partial charge in [0.05, 0.1) is 18.1 Å². The molecule has 0 atom stereocenters. The zero-order valence-corrected chi connectivity index (χ0v) is 25.1. The van der Waals surface area contributed by atoms with Gasteiger partial charge in [-0.1, -0.05) is 53.0 Å². The summed E-state index contributed by atoms with van der Waals surface area (Å²) in [5, 5.41) is 18.9. The zero-order valence-electron chi connectivity index (χ0n) is 22.0. The third-order valence-corrected chi connectivity index (χ3v) is 8.71. The lowest BCUT2D eigenvalue weighted by atomic mass is 9.87. The topological polar surface area (TPSA) is 99.7 Å². The first-order chi connectivity index (χ1) is 19.9. The number of halogens is 6. The first-order valence-corrected chi connectivity index (χ1v) is 14.9. The number of imide groups is 1. The largest absolute Gasteiger partial charge is 0.489 e. The maximum atomic E-state index is 13.7. The summed E-state index contributed by atoms with van der Waals surface area (Å²) in [7, 11) is 0. The number of alkyl halides is 3. The summed E-state index contributed by atoms with van der Waals surface area (Å²) in [4.78, 5) is 27.8. The van der Waals surface area contributed by atoms with E-state index in [1.54, 1.807) is 42.5 Å². The van der Waals surface area contributed by atoms with Gasteiger partial charge in [0.15, 0.2) is 5.75 Å². The molecule has 2 heterocycles. The minimum absolute atomic E-state index is 0.0159. The van der Waals surface area contributed by atoms with E-state index in [0.717, 1.165) is 11.3 Å². The number of aliphatic hydroxyl groups excluding tert-OH is 1. The molecule has 4 rings (SSSR count). The van der Waals surface area contributed by atoms with Crippen LogP contribution in [-0.2, 0) is 4.79 Å². The molecule has 3 aromatic rings. The Morgan fingerprint density at radius 2 is 1.71 bits per heavy atom. The van der Waals surface area contributed by atoms with Gasteiger partial charge in [-0.3, -0.25) is 14.9 Å². The van der Waals surface area contributed by atoms with Crippen molar-refractivity contribution in [3.05, 3.63) is 62.4 Å². The number of ether oxygens (including phenoxy) is 1. The summed E-state index contributed by atoms with van der Waals surface area (Å²) in [6.45, 7) is -0.232. The van der Waals surface area contributed by atoms with Gasteiger partial charge in [0.2, 0.25) is 5.91 Å². The van der Waals surface area contributed by atoms with Gasteiger partial charge >= 0.3 is 6.18 Å². The number of hydrogen-bond donors (Lipinski definition) is 4. The first kappa shape index (κ1) is 32.5. The van der Waals surface area contributed by atoms with E-state index >= 15 is 0 Å². The Bertz CT molecular complexity index is 1430. The average Bonchev–Trinajstić information content (AvgIpc) is 3.31. The molecule has 42 heavy (non-hydrogen) atoms. The number of thiophene rings is 1. The van der Waals surface area contributed by atoms with Crippen molar-refractivity contribution in [2.24, 2.45) is 0 Å². The molecule has 14 heteroatoms. The molecule has 0 saturated carbocycles. The fourth-order valence-electron chi connectivity index (χ4n) is 4.65. The van der Waals surface area contributed by atoms with Gasteiger partial charge in [0.25, 0.3) is 5.91 Å². The number of hydrogen-bond acceptors (Lipinski definition) is 7. The molecule has 2 aromatic carbocycles. The lowest BCUT2D eigenvalue weighted by molar-refractivity contribution is -0.137. The van der Waals surface area contributed by atoms with Crippen LogP contribution in [0.4, 0.5) is 13.2 Å². The normalized spacial score (nSPS) is 14.9. The quantitative estimate of drug-likeness (QED) is 0.189. The van der Waals surface area contributed by atoms with E-state index in [2.05, 4.69) is 16.0 Å². The highest BCUT2D eigenvalue weighted by atomic mass is 35.5. The summed E-state index contributed by atoms with van der Waals surface area (Å²) in [5.74, 6) is -1.44. The molecule has 7 nitrogen and oxygen atoms in total. The van der Waals surface area contributed by atoms with Crippen LogP contribution < -0.4 is 20.7 Å². The van der Waals surface area contributed by atoms with Gasteiger partial charge in [-0.25, -0.2) is 0 Å². The number of rotatable bonds is 10. The van der Waals surface area contributed by atoms with Crippen LogP contribution in [0.5, 0.6) is 5.75 Å². The summed E-state index contributed by atoms with van der Waals surface area (Å²) in [6.07, 6.45) is -5.16. The van der Waals surface area contributed by atoms with Gasteiger partial charge < -0.3 is 20.5 Å². The average molecular weight is 665 g/mol. The highest BCUT2D eigenvalue weighted by molar-refractivity contribution is 7.18. The van der Waals surface area contributed by atoms with Crippen molar-refractivity contribution < 1.29 is 32.6 Å². The number of piperidine rings is 1. The number of amides is 2. The fraction of sp³-hybridized carbons (Fsp3) is 0.357. The van der Waals surface area contributed by atoms with Crippen LogP contribution in [0.15, 0.2) is 42.5 Å². The number of nitrogens with one attached hydrogen (secondary N) is 3. The van der Waals surface area contributed by atoms with Gasteiger partial charge in [0.1, 0.15) is 17.0 Å². The fourth-order valence-corrected chi connectivity index (χ4v) is 6.54. The van der Waals surface area contributed by atoms with Crippen molar-refractivity contribution in [1.29, 1.82) is 0 Å². The molecular weight excluding hydrogens is 638 g/mol. The maximum absolute atomic E-state index is 13.7. The van der Waals surface area contributed by atoms with Crippen molar-refractivity contribution >= 4 is 58.0 Å². The maximum Gasteiger partial charge on any atom is 0.390 e. The SMILES string of the molecule is O=C(NC(=O)C1(NCCC(F)(F)F)CCNCC1)c1sc(-c2ccc(Cl)cc2Cl)c(-c2ccc(Cl)cc2)c1OCCO. The Labute approximate surface area is 259 Å². The Hall–Kier alpha value is -2.38. The van der Waals surface area contributed by atoms with Crippen molar-refractivity contribution in [1.82, 2.24) is 16.0 Å². The Balaban J connectivity index is 1.76. The molecule has 1 fully saturated rings. The van der Waals surface area contributed by atoms with Crippen LogP contribution in [0.3, 0.4) is 0 Å². The van der Waals surface area contributed by atoms with Crippen LogP contribution >= 0.6 is 46.1 Å². The minimum atomic E-state index is -4.40. The van der Waals surface area contributed by atoms with Crippen LogP contribution in [0.25, 0.3) is 21.6 Å². The third kappa shape index (κ3) is 7.76. The lowest BCUT2D eigenvalue weighted by Gasteiger charge is -2.37. The van der Waals surface area contributed by atoms with Crippen LogP contribution in [0.1, 0.15) is 28.9 Å². The van der Waals surface area contributed by atoms with Crippen LogP contribution in [-0.4, -0.2) is 61.5 Å². The second-order valence-electron chi connectivity index (χ2n) is 9.57. The summed E-state index contributed by atoms with van der Waals surface area (Å²) in [5.41, 5.74) is 0.265. The summed E-state index contributed by atoms with van der Waals surface area (Å²) >= 11 is 19.8. The molecule has 0 aliphatic carbocycles. The molecule has 4 N–H and O–H groups in total. The second kappa shape index (κ2) is 13.9. The van der Waals surface area contributed by atoms with Gasteiger partial charge in [0, 0.05) is 32.6 Å². The Kier molecular flexibility index (Phi) is 10.8. The van der Waals surface area contributed by atoms with Crippen molar-refractivity contribution in [3.63, 3.8) is 0 Å². The van der Waals surface area contributed by atoms with Crippen molar-refractivity contribution in [2.45, 2.75) is 31.0 Å². The number of aliphatic hydroxyl groups is 1. The molecule has 226 valence electrons. The number of carbonyl (C=O) groups excluding carboxylic acids is 2. The molecular formula is C28H27Cl3F3N3O4S. The predicted molar refractivity (Wildman–Crippen MR) is 159 cm³/mol. The number of carbonyl (C=O) groups is 2. The van der Waals surface area contributed by atoms with E-state index in [1.165, 1.54) is 0 Å². The van der Waals surface area contributed by atoms with E-state index in [1.807, 2.05) is 0 Å². The van der Waals surface area contributed by atoms with E-state index in [0.29, 0.717) is 49.7 Å². The van der Waals surface area contributed by atoms with Gasteiger partial charge in [-0.2, -0.15) is 13.2 Å². The molecule has 2 amide bonds. The molecule has 0 unspecified atom stereocenters. The second-order valence-corrected chi connectivity index (χ2v) is 11.9. The standard InChI is InChI=1S/C28H27Cl3F3N3O4S/c29-17-3-1-16(2-4-17)21-22(41-14-13-38)24(42-23(21)19-6-5-18(30)15-20(19)31)25(39)37-26(40)27(7-10-35-11-8-27)36-12-9-28(32,33)34/h1-6,15,35-36,38H,7-14H2,(H,37,39,40). The van der Waals surface area contributed by atoms with Gasteiger partial charge in [-0.05, 0) is 55.8 Å². The number of benzene rings is 2. The first-order valence-electron chi connectivity index (χ1n) is 12.9. The summed E-state index contributed by atoms with van der Waals surface area (Å²) < 4.78 is 44.4.